The molecule has 3 atom stereocenters. The Morgan fingerprint density at radius 1 is 1.44 bits per heavy atom. The molecule has 1 fully saturated rings. The first-order chi connectivity index (χ1) is 7.58. The average molecular weight is 258 g/mol. The SMILES string of the molecule is CC(O)C1C(=O)NC1Sc1ccc(Cl)cc1. The maximum Gasteiger partial charge on any atom is 0.229 e. The van der Waals surface area contributed by atoms with E-state index >= 15 is 0 Å². The van der Waals surface area contributed by atoms with Gasteiger partial charge in [0, 0.05) is 9.92 Å². The van der Waals surface area contributed by atoms with E-state index < -0.39 is 6.10 Å². The molecule has 16 heavy (non-hydrogen) atoms. The number of nitrogens with one attached hydrogen (secondary N) is 1. The van der Waals surface area contributed by atoms with Crippen LogP contribution in [0.15, 0.2) is 29.2 Å². The molecule has 1 heterocycles. The molecule has 1 aliphatic rings. The van der Waals surface area contributed by atoms with Crippen molar-refractivity contribution in [3.05, 3.63) is 29.3 Å². The second-order valence-electron chi connectivity index (χ2n) is 3.77. The van der Waals surface area contributed by atoms with Crippen LogP contribution in [0.3, 0.4) is 0 Å². The molecule has 0 radical (unpaired) electrons. The lowest BCUT2D eigenvalue weighted by atomic mass is 9.96. The fourth-order valence-electron chi connectivity index (χ4n) is 1.60. The van der Waals surface area contributed by atoms with E-state index in [0.717, 1.165) is 4.90 Å². The minimum absolute atomic E-state index is 0.0475. The fraction of sp³-hybridized carbons (Fsp3) is 0.364. The number of aliphatic hydroxyl groups is 1. The van der Waals surface area contributed by atoms with E-state index in [1.807, 2.05) is 24.3 Å². The number of amides is 1. The Balaban J connectivity index is 2.00. The zero-order valence-electron chi connectivity index (χ0n) is 8.68. The highest BCUT2D eigenvalue weighted by molar-refractivity contribution is 8.00. The summed E-state index contributed by atoms with van der Waals surface area (Å²) in [5.41, 5.74) is 0. The first kappa shape index (κ1) is 11.8. The first-order valence-corrected chi connectivity index (χ1v) is 6.24. The van der Waals surface area contributed by atoms with Gasteiger partial charge in [-0.1, -0.05) is 11.6 Å². The van der Waals surface area contributed by atoms with E-state index in [-0.39, 0.29) is 17.2 Å². The molecular formula is C11H12ClNO2S. The van der Waals surface area contributed by atoms with Gasteiger partial charge in [0.2, 0.25) is 5.91 Å². The number of thioether (sulfide) groups is 1. The van der Waals surface area contributed by atoms with Crippen molar-refractivity contribution in [2.75, 3.05) is 0 Å². The maximum absolute atomic E-state index is 11.2. The van der Waals surface area contributed by atoms with Gasteiger partial charge in [0.1, 0.15) is 0 Å². The third kappa shape index (κ3) is 2.34. The molecule has 0 saturated carbocycles. The predicted molar refractivity (Wildman–Crippen MR) is 64.4 cm³/mol. The summed E-state index contributed by atoms with van der Waals surface area (Å²) in [6.45, 7) is 1.64. The predicted octanol–water partition coefficient (Wildman–Crippen LogP) is 1.88. The molecule has 0 aliphatic carbocycles. The largest absolute Gasteiger partial charge is 0.392 e. The van der Waals surface area contributed by atoms with Crippen LogP contribution >= 0.6 is 23.4 Å². The lowest BCUT2D eigenvalue weighted by molar-refractivity contribution is -0.136. The van der Waals surface area contributed by atoms with Crippen LogP contribution < -0.4 is 5.32 Å². The molecule has 3 nitrogen and oxygen atoms in total. The molecule has 1 aliphatic heterocycles. The smallest absolute Gasteiger partial charge is 0.229 e. The van der Waals surface area contributed by atoms with E-state index in [9.17, 15) is 9.90 Å². The average Bonchev–Trinajstić information content (AvgIpc) is 2.19. The molecule has 86 valence electrons. The van der Waals surface area contributed by atoms with Gasteiger partial charge >= 0.3 is 0 Å². The first-order valence-electron chi connectivity index (χ1n) is 4.98. The summed E-state index contributed by atoms with van der Waals surface area (Å²) in [5.74, 6) is -0.401. The Labute approximate surface area is 103 Å². The summed E-state index contributed by atoms with van der Waals surface area (Å²) < 4.78 is 0. The molecule has 2 N–H and O–H groups in total. The van der Waals surface area contributed by atoms with Crippen LogP contribution in [0.1, 0.15) is 6.92 Å². The molecule has 1 amide bonds. The summed E-state index contributed by atoms with van der Waals surface area (Å²) in [5, 5.41) is 12.8. The highest BCUT2D eigenvalue weighted by Crippen LogP contribution is 2.34. The number of hydrogen-bond donors (Lipinski definition) is 2. The van der Waals surface area contributed by atoms with Gasteiger partial charge in [-0.25, -0.2) is 0 Å². The molecule has 0 spiro atoms. The van der Waals surface area contributed by atoms with Gasteiger partial charge in [-0.05, 0) is 31.2 Å². The second kappa shape index (κ2) is 4.65. The highest BCUT2D eigenvalue weighted by Gasteiger charge is 2.42. The van der Waals surface area contributed by atoms with Gasteiger partial charge in [-0.3, -0.25) is 4.79 Å². The van der Waals surface area contributed by atoms with Crippen LogP contribution in [0.4, 0.5) is 0 Å². The number of β-lactam (4-membered cyclic amide) rings is 1. The van der Waals surface area contributed by atoms with Crippen LogP contribution in [-0.2, 0) is 4.79 Å². The number of halogens is 1. The van der Waals surface area contributed by atoms with Crippen molar-refractivity contribution in [3.8, 4) is 0 Å². The van der Waals surface area contributed by atoms with Crippen LogP contribution in [0.5, 0.6) is 0 Å². The van der Waals surface area contributed by atoms with Crippen molar-refractivity contribution in [1.29, 1.82) is 0 Å². The molecule has 1 saturated heterocycles. The summed E-state index contributed by atoms with van der Waals surface area (Å²) in [4.78, 5) is 12.2. The zero-order valence-corrected chi connectivity index (χ0v) is 10.3. The van der Waals surface area contributed by atoms with E-state index in [2.05, 4.69) is 5.32 Å². The van der Waals surface area contributed by atoms with E-state index in [1.54, 1.807) is 6.92 Å². The summed E-state index contributed by atoms with van der Waals surface area (Å²) in [7, 11) is 0. The molecule has 2 rings (SSSR count). The topological polar surface area (TPSA) is 49.3 Å². The van der Waals surface area contributed by atoms with Gasteiger partial charge in [-0.15, -0.1) is 11.8 Å². The van der Waals surface area contributed by atoms with Gasteiger partial charge < -0.3 is 10.4 Å². The number of rotatable bonds is 3. The Hall–Kier alpha value is -0.710. The maximum atomic E-state index is 11.2. The number of aliphatic hydroxyl groups excluding tert-OH is 1. The monoisotopic (exact) mass is 257 g/mol. The number of hydrogen-bond acceptors (Lipinski definition) is 3. The summed E-state index contributed by atoms with van der Waals surface area (Å²) in [6, 6.07) is 7.41. The lowest BCUT2D eigenvalue weighted by Crippen LogP contribution is -2.60. The molecule has 0 bridgehead atoms. The van der Waals surface area contributed by atoms with Gasteiger partial charge in [0.25, 0.3) is 0 Å². The summed E-state index contributed by atoms with van der Waals surface area (Å²) in [6.07, 6.45) is -0.612. The van der Waals surface area contributed by atoms with Crippen molar-refractivity contribution in [2.24, 2.45) is 5.92 Å². The van der Waals surface area contributed by atoms with Crippen molar-refractivity contribution in [1.82, 2.24) is 5.32 Å². The molecule has 1 aromatic carbocycles. The molecule has 5 heteroatoms. The van der Waals surface area contributed by atoms with E-state index in [1.165, 1.54) is 11.8 Å². The minimum Gasteiger partial charge on any atom is -0.392 e. The van der Waals surface area contributed by atoms with Gasteiger partial charge in [-0.2, -0.15) is 0 Å². The van der Waals surface area contributed by atoms with E-state index in [4.69, 9.17) is 11.6 Å². The quantitative estimate of drug-likeness (QED) is 0.813. The van der Waals surface area contributed by atoms with Gasteiger partial charge in [0.15, 0.2) is 0 Å². The zero-order chi connectivity index (χ0) is 11.7. The standard InChI is InChI=1S/C11H12ClNO2S/c1-6(14)9-10(15)13-11(9)16-8-4-2-7(12)3-5-8/h2-6,9,11,14H,1H3,(H,13,15). The Bertz CT molecular complexity index is 393. The van der Waals surface area contributed by atoms with Crippen LogP contribution in [0, 0.1) is 5.92 Å². The Kier molecular flexibility index (Phi) is 3.42. The highest BCUT2D eigenvalue weighted by atomic mass is 35.5. The molecule has 1 aromatic rings. The fourth-order valence-corrected chi connectivity index (χ4v) is 2.99. The summed E-state index contributed by atoms with van der Waals surface area (Å²) >= 11 is 7.31. The molecule has 3 unspecified atom stereocenters. The second-order valence-corrected chi connectivity index (χ2v) is 5.42. The third-order valence-corrected chi connectivity index (χ3v) is 3.97. The number of carbonyl (C=O) groups excluding carboxylic acids is 1. The normalized spacial score (nSPS) is 25.8. The van der Waals surface area contributed by atoms with Gasteiger partial charge in [0.05, 0.1) is 17.4 Å². The van der Waals surface area contributed by atoms with E-state index in [0.29, 0.717) is 5.02 Å². The van der Waals surface area contributed by atoms with Crippen molar-refractivity contribution >= 4 is 29.3 Å². The van der Waals surface area contributed by atoms with Crippen molar-refractivity contribution in [3.63, 3.8) is 0 Å². The van der Waals surface area contributed by atoms with Crippen LogP contribution in [0.2, 0.25) is 5.02 Å². The molecule has 0 aromatic heterocycles. The Morgan fingerprint density at radius 3 is 2.56 bits per heavy atom. The molecular weight excluding hydrogens is 246 g/mol. The van der Waals surface area contributed by atoms with Crippen molar-refractivity contribution in [2.45, 2.75) is 23.3 Å². The Morgan fingerprint density at radius 2 is 2.06 bits per heavy atom. The third-order valence-electron chi connectivity index (χ3n) is 2.51. The number of benzene rings is 1. The number of carbonyl (C=O) groups is 1. The minimum atomic E-state index is -0.612. The van der Waals surface area contributed by atoms with Crippen molar-refractivity contribution < 1.29 is 9.90 Å². The van der Waals surface area contributed by atoms with Crippen LogP contribution in [-0.4, -0.2) is 22.5 Å². The van der Waals surface area contributed by atoms with Crippen LogP contribution in [0.25, 0.3) is 0 Å². The lowest BCUT2D eigenvalue weighted by Gasteiger charge is -2.37.